The van der Waals surface area contributed by atoms with E-state index < -0.39 is 0 Å². The van der Waals surface area contributed by atoms with Crippen LogP contribution in [0, 0.1) is 6.92 Å². The molecule has 0 saturated carbocycles. The zero-order valence-corrected chi connectivity index (χ0v) is 12.6. The van der Waals surface area contributed by atoms with E-state index in [1.165, 1.54) is 0 Å². The van der Waals surface area contributed by atoms with Gasteiger partial charge in [-0.3, -0.25) is 9.36 Å². The number of aromatic nitrogens is 2. The van der Waals surface area contributed by atoms with E-state index in [0.29, 0.717) is 12.0 Å². The number of fused-ring (bicyclic) bond motifs is 3. The van der Waals surface area contributed by atoms with Crippen molar-refractivity contribution in [3.8, 4) is 5.88 Å². The van der Waals surface area contributed by atoms with Crippen LogP contribution in [0.2, 0.25) is 0 Å². The van der Waals surface area contributed by atoms with Crippen molar-refractivity contribution in [2.24, 2.45) is 4.99 Å². The average molecular weight is 305 g/mol. The molecular formula is C18H15N3O2. The molecule has 0 saturated heterocycles. The summed E-state index contributed by atoms with van der Waals surface area (Å²) in [5, 5.41) is 10.2. The van der Waals surface area contributed by atoms with Gasteiger partial charge in [0.1, 0.15) is 6.04 Å². The lowest BCUT2D eigenvalue weighted by atomic mass is 10.0. The number of benzene rings is 1. The summed E-state index contributed by atoms with van der Waals surface area (Å²) in [5.74, 6) is 0.0223. The molecule has 2 heterocycles. The van der Waals surface area contributed by atoms with Gasteiger partial charge in [0.25, 0.3) is 5.56 Å². The van der Waals surface area contributed by atoms with Gasteiger partial charge in [0.15, 0.2) is 0 Å². The smallest absolute Gasteiger partial charge is 0.263 e. The number of aliphatic imine (C=N–C) groups is 1. The van der Waals surface area contributed by atoms with Gasteiger partial charge < -0.3 is 5.11 Å². The topological polar surface area (TPSA) is 67.5 Å². The molecule has 2 aromatic rings. The SMILES string of the molecule is Cc1ccc(Cc2c(O)nc3n(c2=O)C2C=CC=CC2=N3)cc1. The molecule has 5 nitrogen and oxygen atoms in total. The van der Waals surface area contributed by atoms with Gasteiger partial charge in [-0.25, -0.2) is 4.99 Å². The normalized spacial score (nSPS) is 17.8. The largest absolute Gasteiger partial charge is 0.493 e. The number of aryl methyl sites for hydroxylation is 1. The van der Waals surface area contributed by atoms with Gasteiger partial charge in [-0.15, -0.1) is 0 Å². The molecule has 1 aromatic heterocycles. The first-order valence-electron chi connectivity index (χ1n) is 7.47. The molecule has 1 N–H and O–H groups in total. The Bertz CT molecular complexity index is 934. The standard InChI is InChI=1S/C18H15N3O2/c1-11-6-8-12(9-7-11)10-13-16(22)20-18-19-14-4-2-3-5-15(14)21(18)17(13)23/h2-9,15,22H,10H2,1H3. The van der Waals surface area contributed by atoms with Crippen LogP contribution in [0.25, 0.3) is 0 Å². The molecule has 0 amide bonds. The summed E-state index contributed by atoms with van der Waals surface area (Å²) in [6, 6.07) is 7.66. The van der Waals surface area contributed by atoms with Crippen molar-refractivity contribution in [1.82, 2.24) is 9.55 Å². The number of hydrogen-bond donors (Lipinski definition) is 1. The molecule has 23 heavy (non-hydrogen) atoms. The van der Waals surface area contributed by atoms with Crippen molar-refractivity contribution in [2.45, 2.75) is 19.4 Å². The highest BCUT2D eigenvalue weighted by Gasteiger charge is 2.29. The molecule has 1 aliphatic carbocycles. The second kappa shape index (κ2) is 5.05. The van der Waals surface area contributed by atoms with Crippen LogP contribution < -0.4 is 5.56 Å². The fourth-order valence-electron chi connectivity index (χ4n) is 2.90. The van der Waals surface area contributed by atoms with Gasteiger partial charge in [-0.2, -0.15) is 4.98 Å². The van der Waals surface area contributed by atoms with Crippen molar-refractivity contribution in [1.29, 1.82) is 0 Å². The van der Waals surface area contributed by atoms with Crippen LogP contribution in [0.1, 0.15) is 22.7 Å². The second-order valence-electron chi connectivity index (χ2n) is 5.78. The minimum absolute atomic E-state index is 0.229. The fourth-order valence-corrected chi connectivity index (χ4v) is 2.90. The third kappa shape index (κ3) is 2.21. The summed E-state index contributed by atoms with van der Waals surface area (Å²) >= 11 is 0. The van der Waals surface area contributed by atoms with E-state index in [9.17, 15) is 9.90 Å². The van der Waals surface area contributed by atoms with E-state index >= 15 is 0 Å². The van der Waals surface area contributed by atoms with E-state index in [-0.39, 0.29) is 23.4 Å². The third-order valence-electron chi connectivity index (χ3n) is 4.15. The van der Waals surface area contributed by atoms with E-state index in [2.05, 4.69) is 9.98 Å². The van der Waals surface area contributed by atoms with Gasteiger partial charge >= 0.3 is 0 Å². The van der Waals surface area contributed by atoms with Gasteiger partial charge in [0, 0.05) is 6.42 Å². The molecule has 4 rings (SSSR count). The first kappa shape index (κ1) is 13.7. The van der Waals surface area contributed by atoms with Crippen molar-refractivity contribution in [3.05, 3.63) is 75.6 Å². The number of allylic oxidation sites excluding steroid dienone is 4. The van der Waals surface area contributed by atoms with Gasteiger partial charge in [0.05, 0.1) is 11.3 Å². The Labute approximate surface area is 133 Å². The molecule has 0 bridgehead atoms. The molecule has 0 fully saturated rings. The van der Waals surface area contributed by atoms with Crippen molar-refractivity contribution in [3.63, 3.8) is 0 Å². The summed E-state index contributed by atoms with van der Waals surface area (Å²) < 4.78 is 1.54. The summed E-state index contributed by atoms with van der Waals surface area (Å²) in [7, 11) is 0. The zero-order chi connectivity index (χ0) is 16.0. The maximum absolute atomic E-state index is 12.8. The summed E-state index contributed by atoms with van der Waals surface area (Å²) in [6.45, 7) is 2.01. The van der Waals surface area contributed by atoms with Crippen LogP contribution in [0.15, 0.2) is 58.4 Å². The highest BCUT2D eigenvalue weighted by Crippen LogP contribution is 2.30. The van der Waals surface area contributed by atoms with E-state index in [1.54, 1.807) is 4.57 Å². The zero-order valence-electron chi connectivity index (χ0n) is 12.6. The Balaban J connectivity index is 1.79. The van der Waals surface area contributed by atoms with Crippen LogP contribution in [0.5, 0.6) is 5.88 Å². The number of nitrogens with zero attached hydrogens (tertiary/aromatic N) is 3. The minimum atomic E-state index is -0.239. The quantitative estimate of drug-likeness (QED) is 0.927. The summed E-state index contributed by atoms with van der Waals surface area (Å²) in [4.78, 5) is 21.3. The van der Waals surface area contributed by atoms with Crippen LogP contribution >= 0.6 is 0 Å². The Kier molecular flexibility index (Phi) is 3.01. The Morgan fingerprint density at radius 3 is 2.78 bits per heavy atom. The van der Waals surface area contributed by atoms with Gasteiger partial charge in [-0.05, 0) is 18.6 Å². The number of aromatic hydroxyl groups is 1. The average Bonchev–Trinajstić information content (AvgIpc) is 2.91. The van der Waals surface area contributed by atoms with Crippen LogP contribution in [-0.4, -0.2) is 20.4 Å². The highest BCUT2D eigenvalue weighted by molar-refractivity contribution is 6.03. The van der Waals surface area contributed by atoms with Crippen LogP contribution in [-0.2, 0) is 6.42 Å². The minimum Gasteiger partial charge on any atom is -0.493 e. The van der Waals surface area contributed by atoms with Crippen molar-refractivity contribution >= 4 is 11.7 Å². The van der Waals surface area contributed by atoms with Crippen molar-refractivity contribution in [2.75, 3.05) is 0 Å². The van der Waals surface area contributed by atoms with Crippen LogP contribution in [0.4, 0.5) is 5.95 Å². The second-order valence-corrected chi connectivity index (χ2v) is 5.78. The lowest BCUT2D eigenvalue weighted by Gasteiger charge is -2.14. The number of rotatable bonds is 2. The molecule has 1 unspecified atom stereocenters. The fraction of sp³-hybridized carbons (Fsp3) is 0.167. The highest BCUT2D eigenvalue weighted by atomic mass is 16.3. The van der Waals surface area contributed by atoms with Gasteiger partial charge in [0.2, 0.25) is 11.8 Å². The predicted molar refractivity (Wildman–Crippen MR) is 88.6 cm³/mol. The predicted octanol–water partition coefficient (Wildman–Crippen LogP) is 2.60. The Hall–Kier alpha value is -2.95. The molecule has 2 aliphatic rings. The first-order valence-corrected chi connectivity index (χ1v) is 7.47. The van der Waals surface area contributed by atoms with Crippen molar-refractivity contribution < 1.29 is 5.11 Å². The van der Waals surface area contributed by atoms with Crippen LogP contribution in [0.3, 0.4) is 0 Å². The summed E-state index contributed by atoms with van der Waals surface area (Å²) in [6.07, 6.45) is 7.87. The van der Waals surface area contributed by atoms with E-state index in [4.69, 9.17) is 0 Å². The van der Waals surface area contributed by atoms with E-state index in [1.807, 2.05) is 55.5 Å². The maximum Gasteiger partial charge on any atom is 0.263 e. The molecule has 0 spiro atoms. The molecule has 1 aliphatic heterocycles. The van der Waals surface area contributed by atoms with Gasteiger partial charge in [-0.1, -0.05) is 48.1 Å². The molecular weight excluding hydrogens is 290 g/mol. The molecule has 1 atom stereocenters. The van der Waals surface area contributed by atoms with E-state index in [0.717, 1.165) is 16.8 Å². The monoisotopic (exact) mass is 305 g/mol. The summed E-state index contributed by atoms with van der Waals surface area (Å²) in [5.41, 5.74) is 2.94. The molecule has 114 valence electrons. The molecule has 1 aromatic carbocycles. The third-order valence-corrected chi connectivity index (χ3v) is 4.15. The Morgan fingerprint density at radius 1 is 1.22 bits per heavy atom. The lowest BCUT2D eigenvalue weighted by molar-refractivity contribution is 0.441. The first-order chi connectivity index (χ1) is 11.1. The maximum atomic E-state index is 12.8. The Morgan fingerprint density at radius 2 is 2.00 bits per heavy atom. The molecule has 0 radical (unpaired) electrons. The lowest BCUT2D eigenvalue weighted by Crippen LogP contribution is -2.28. The molecule has 5 heteroatoms. The number of hydrogen-bond acceptors (Lipinski definition) is 4.